The Morgan fingerprint density at radius 2 is 1.65 bits per heavy atom. The zero-order valence-corrected chi connectivity index (χ0v) is 15.7. The molecule has 0 atom stereocenters. The number of carbonyl (C=O) groups is 1. The Kier molecular flexibility index (Phi) is 5.18. The number of nitrogens with zero attached hydrogens (tertiary/aromatic N) is 2. The minimum absolute atomic E-state index is 0.0514. The number of likely N-dealkylation sites (tertiary alicyclic amines) is 1. The van der Waals surface area contributed by atoms with Gasteiger partial charge in [0, 0.05) is 25.7 Å². The second kappa shape index (κ2) is 7.37. The number of carbonyl (C=O) groups excluding carboxylic acids is 1. The summed E-state index contributed by atoms with van der Waals surface area (Å²) >= 11 is 0. The molecule has 1 amide bonds. The summed E-state index contributed by atoms with van der Waals surface area (Å²) in [5.74, 6) is 0.420. The molecule has 0 N–H and O–H groups in total. The molecule has 138 valence electrons. The van der Waals surface area contributed by atoms with E-state index < -0.39 is 10.0 Å². The van der Waals surface area contributed by atoms with Gasteiger partial charge in [0.05, 0.1) is 17.7 Å². The SMILES string of the molecule is COc1ccccc1N(C)S(=O)(=O)c1ccc(C(=O)N2CCCC2)cc1. The molecule has 0 radical (unpaired) electrons. The van der Waals surface area contributed by atoms with Crippen molar-refractivity contribution in [3.8, 4) is 5.75 Å². The van der Waals surface area contributed by atoms with Gasteiger partial charge in [-0.15, -0.1) is 0 Å². The molecule has 0 bridgehead atoms. The lowest BCUT2D eigenvalue weighted by atomic mass is 10.2. The smallest absolute Gasteiger partial charge is 0.264 e. The molecule has 1 saturated heterocycles. The predicted octanol–water partition coefficient (Wildman–Crippen LogP) is 2.76. The van der Waals surface area contributed by atoms with E-state index in [4.69, 9.17) is 4.74 Å². The standard InChI is InChI=1S/C19H22N2O4S/c1-20(17-7-3-4-8-18(17)25-2)26(23,24)16-11-9-15(10-12-16)19(22)21-13-5-6-14-21/h3-4,7-12H,5-6,13-14H2,1-2H3. The zero-order valence-electron chi connectivity index (χ0n) is 14.9. The number of ether oxygens (including phenoxy) is 1. The monoisotopic (exact) mass is 374 g/mol. The van der Waals surface area contributed by atoms with Gasteiger partial charge in [0.2, 0.25) is 0 Å². The Morgan fingerprint density at radius 3 is 2.27 bits per heavy atom. The zero-order chi connectivity index (χ0) is 18.7. The number of hydrogen-bond acceptors (Lipinski definition) is 4. The van der Waals surface area contributed by atoms with Crippen LogP contribution in [-0.2, 0) is 10.0 Å². The van der Waals surface area contributed by atoms with Crippen molar-refractivity contribution in [1.82, 2.24) is 4.90 Å². The van der Waals surface area contributed by atoms with E-state index in [1.165, 1.54) is 30.6 Å². The van der Waals surface area contributed by atoms with Crippen molar-refractivity contribution >= 4 is 21.6 Å². The van der Waals surface area contributed by atoms with Gasteiger partial charge in [-0.2, -0.15) is 0 Å². The average Bonchev–Trinajstić information content (AvgIpc) is 3.21. The molecule has 3 rings (SSSR count). The molecule has 0 aromatic heterocycles. The molecule has 1 aliphatic heterocycles. The molecule has 1 aliphatic rings. The number of amides is 1. The van der Waals surface area contributed by atoms with Gasteiger partial charge in [0.1, 0.15) is 5.75 Å². The van der Waals surface area contributed by atoms with Crippen molar-refractivity contribution in [3.63, 3.8) is 0 Å². The molecular weight excluding hydrogens is 352 g/mol. The number of benzene rings is 2. The average molecular weight is 374 g/mol. The molecule has 7 heteroatoms. The first-order chi connectivity index (χ1) is 12.4. The maximum absolute atomic E-state index is 12.9. The topological polar surface area (TPSA) is 66.9 Å². The van der Waals surface area contributed by atoms with Gasteiger partial charge in [-0.05, 0) is 49.2 Å². The van der Waals surface area contributed by atoms with Crippen molar-refractivity contribution in [1.29, 1.82) is 0 Å². The highest BCUT2D eigenvalue weighted by Gasteiger charge is 2.25. The normalized spacial score (nSPS) is 14.3. The van der Waals surface area contributed by atoms with Crippen LogP contribution in [-0.4, -0.2) is 46.5 Å². The van der Waals surface area contributed by atoms with E-state index >= 15 is 0 Å². The highest BCUT2D eigenvalue weighted by atomic mass is 32.2. The number of methoxy groups -OCH3 is 1. The van der Waals surface area contributed by atoms with Crippen molar-refractivity contribution in [3.05, 3.63) is 54.1 Å². The lowest BCUT2D eigenvalue weighted by Crippen LogP contribution is -2.28. The third-order valence-corrected chi connectivity index (χ3v) is 6.36. The van der Waals surface area contributed by atoms with Crippen LogP contribution in [0.15, 0.2) is 53.4 Å². The number of rotatable bonds is 5. The molecule has 0 unspecified atom stereocenters. The number of sulfonamides is 1. The molecule has 6 nitrogen and oxygen atoms in total. The van der Waals surface area contributed by atoms with Crippen LogP contribution in [0, 0.1) is 0 Å². The summed E-state index contributed by atoms with van der Waals surface area (Å²) in [4.78, 5) is 14.3. The molecule has 0 saturated carbocycles. The number of hydrogen-bond donors (Lipinski definition) is 0. The van der Waals surface area contributed by atoms with E-state index in [0.29, 0.717) is 17.0 Å². The van der Waals surface area contributed by atoms with E-state index in [9.17, 15) is 13.2 Å². The summed E-state index contributed by atoms with van der Waals surface area (Å²) in [5.41, 5.74) is 0.956. The fourth-order valence-electron chi connectivity index (χ4n) is 3.05. The summed E-state index contributed by atoms with van der Waals surface area (Å²) in [6, 6.07) is 13.0. The number of anilines is 1. The summed E-state index contributed by atoms with van der Waals surface area (Å²) in [6.07, 6.45) is 2.03. The molecule has 0 aliphatic carbocycles. The number of para-hydroxylation sites is 2. The Morgan fingerprint density at radius 1 is 1.04 bits per heavy atom. The second-order valence-electron chi connectivity index (χ2n) is 6.17. The van der Waals surface area contributed by atoms with E-state index in [-0.39, 0.29) is 10.8 Å². The Balaban J connectivity index is 1.86. The largest absolute Gasteiger partial charge is 0.495 e. The van der Waals surface area contributed by atoms with Crippen molar-refractivity contribution in [2.24, 2.45) is 0 Å². The van der Waals surface area contributed by atoms with Crippen LogP contribution in [0.5, 0.6) is 5.75 Å². The van der Waals surface area contributed by atoms with Crippen molar-refractivity contribution in [2.75, 3.05) is 31.6 Å². The molecule has 1 heterocycles. The lowest BCUT2D eigenvalue weighted by molar-refractivity contribution is 0.0792. The fourth-order valence-corrected chi connectivity index (χ4v) is 4.26. The molecule has 26 heavy (non-hydrogen) atoms. The second-order valence-corrected chi connectivity index (χ2v) is 8.14. The molecule has 2 aromatic rings. The first-order valence-electron chi connectivity index (χ1n) is 8.46. The van der Waals surface area contributed by atoms with Gasteiger partial charge in [-0.1, -0.05) is 12.1 Å². The minimum Gasteiger partial charge on any atom is -0.495 e. The summed E-state index contributed by atoms with van der Waals surface area (Å²) in [6.45, 7) is 1.52. The van der Waals surface area contributed by atoms with Gasteiger partial charge in [-0.25, -0.2) is 8.42 Å². The van der Waals surface area contributed by atoms with Gasteiger partial charge < -0.3 is 9.64 Å². The van der Waals surface area contributed by atoms with Gasteiger partial charge in [0.25, 0.3) is 15.9 Å². The molecule has 0 spiro atoms. The molecule has 2 aromatic carbocycles. The van der Waals surface area contributed by atoms with E-state index in [1.807, 2.05) is 0 Å². The highest BCUT2D eigenvalue weighted by Crippen LogP contribution is 2.31. The van der Waals surface area contributed by atoms with E-state index in [1.54, 1.807) is 41.3 Å². The summed E-state index contributed by atoms with van der Waals surface area (Å²) in [5, 5.41) is 0. The lowest BCUT2D eigenvalue weighted by Gasteiger charge is -2.22. The fraction of sp³-hybridized carbons (Fsp3) is 0.316. The first kappa shape index (κ1) is 18.3. The Bertz CT molecular complexity index is 888. The maximum Gasteiger partial charge on any atom is 0.264 e. The van der Waals surface area contributed by atoms with Crippen LogP contribution >= 0.6 is 0 Å². The highest BCUT2D eigenvalue weighted by molar-refractivity contribution is 7.92. The van der Waals surface area contributed by atoms with Crippen LogP contribution in [0.4, 0.5) is 5.69 Å². The van der Waals surface area contributed by atoms with Crippen LogP contribution in [0.1, 0.15) is 23.2 Å². The van der Waals surface area contributed by atoms with Crippen LogP contribution in [0.2, 0.25) is 0 Å². The third-order valence-electron chi connectivity index (χ3n) is 4.58. The van der Waals surface area contributed by atoms with Crippen LogP contribution in [0.25, 0.3) is 0 Å². The van der Waals surface area contributed by atoms with Crippen molar-refractivity contribution in [2.45, 2.75) is 17.7 Å². The van der Waals surface area contributed by atoms with Crippen LogP contribution in [0.3, 0.4) is 0 Å². The Labute approximate surface area is 154 Å². The summed E-state index contributed by atoms with van der Waals surface area (Å²) in [7, 11) is -0.777. The van der Waals surface area contributed by atoms with Crippen molar-refractivity contribution < 1.29 is 17.9 Å². The van der Waals surface area contributed by atoms with E-state index in [2.05, 4.69) is 0 Å². The van der Waals surface area contributed by atoms with E-state index in [0.717, 1.165) is 25.9 Å². The molecular formula is C19H22N2O4S. The van der Waals surface area contributed by atoms with Gasteiger partial charge in [0.15, 0.2) is 0 Å². The third kappa shape index (κ3) is 3.39. The predicted molar refractivity (Wildman–Crippen MR) is 100 cm³/mol. The van der Waals surface area contributed by atoms with Crippen LogP contribution < -0.4 is 9.04 Å². The minimum atomic E-state index is -3.76. The molecule has 1 fully saturated rings. The Hall–Kier alpha value is -2.54. The van der Waals surface area contributed by atoms with Gasteiger partial charge in [-0.3, -0.25) is 9.10 Å². The van der Waals surface area contributed by atoms with Gasteiger partial charge >= 0.3 is 0 Å². The maximum atomic E-state index is 12.9. The quantitative estimate of drug-likeness (QED) is 0.807. The summed E-state index contributed by atoms with van der Waals surface area (Å²) < 4.78 is 32.3. The first-order valence-corrected chi connectivity index (χ1v) is 9.90.